The van der Waals surface area contributed by atoms with Gasteiger partial charge in [0.15, 0.2) is 11.7 Å². The van der Waals surface area contributed by atoms with Gasteiger partial charge in [-0.2, -0.15) is 0 Å². The van der Waals surface area contributed by atoms with Gasteiger partial charge in [0, 0.05) is 20.6 Å². The predicted molar refractivity (Wildman–Crippen MR) is 50.3 cm³/mol. The molecule has 92 valence electrons. The molecule has 0 unspecified atom stereocenters. The van der Waals surface area contributed by atoms with E-state index in [4.69, 9.17) is 19.6 Å². The molecule has 8 nitrogen and oxygen atoms in total. The van der Waals surface area contributed by atoms with Crippen LogP contribution >= 0.6 is 15.2 Å². The molecule has 15 heavy (non-hydrogen) atoms. The summed E-state index contributed by atoms with van der Waals surface area (Å²) in [6.07, 6.45) is -1.66. The summed E-state index contributed by atoms with van der Waals surface area (Å²) in [6, 6.07) is 0. The third kappa shape index (κ3) is 5.19. The molecule has 0 saturated heterocycles. The lowest BCUT2D eigenvalue weighted by molar-refractivity contribution is -0.105. The molecule has 0 aliphatic carbocycles. The minimum Gasteiger partial charge on any atom is -0.356 e. The molecule has 4 N–H and O–H groups in total. The maximum atomic E-state index is 10.8. The SMILES string of the molecule is COC(CC(P(=O)(O)O)P(=O)(O)O)OC. The first-order valence-corrected chi connectivity index (χ1v) is 7.15. The minimum absolute atomic E-state index is 0.582. The summed E-state index contributed by atoms with van der Waals surface area (Å²) in [6.45, 7) is 0. The van der Waals surface area contributed by atoms with Crippen molar-refractivity contribution in [3.63, 3.8) is 0 Å². The summed E-state index contributed by atoms with van der Waals surface area (Å²) in [5.74, 6) is 0. The molecular formula is C5H14O8P2. The molecule has 0 rings (SSSR count). The predicted octanol–water partition coefficient (Wildman–Crippen LogP) is -0.323. The van der Waals surface area contributed by atoms with E-state index in [-0.39, 0.29) is 0 Å². The van der Waals surface area contributed by atoms with Crippen molar-refractivity contribution < 1.29 is 38.2 Å². The van der Waals surface area contributed by atoms with E-state index in [1.54, 1.807) is 0 Å². The molecule has 0 aliphatic rings. The van der Waals surface area contributed by atoms with Gasteiger partial charge in [0.1, 0.15) is 0 Å². The number of methoxy groups -OCH3 is 2. The van der Waals surface area contributed by atoms with Crippen LogP contribution in [0.25, 0.3) is 0 Å². The second-order valence-electron chi connectivity index (χ2n) is 2.80. The fourth-order valence-electron chi connectivity index (χ4n) is 0.931. The molecule has 0 aromatic heterocycles. The van der Waals surface area contributed by atoms with Gasteiger partial charge in [0.2, 0.25) is 0 Å². The number of ether oxygens (including phenoxy) is 2. The molecule has 0 radical (unpaired) electrons. The van der Waals surface area contributed by atoms with Gasteiger partial charge in [-0.1, -0.05) is 0 Å². The van der Waals surface area contributed by atoms with E-state index in [0.717, 1.165) is 0 Å². The Labute approximate surface area is 86.5 Å². The second kappa shape index (κ2) is 5.52. The van der Waals surface area contributed by atoms with Crippen LogP contribution in [-0.2, 0) is 18.6 Å². The Kier molecular flexibility index (Phi) is 5.60. The van der Waals surface area contributed by atoms with Crippen molar-refractivity contribution in [2.75, 3.05) is 14.2 Å². The molecule has 0 atom stereocenters. The van der Waals surface area contributed by atoms with Crippen LogP contribution < -0.4 is 0 Å². The third-order valence-electron chi connectivity index (χ3n) is 1.71. The smallest absolute Gasteiger partial charge is 0.340 e. The van der Waals surface area contributed by atoms with E-state index in [1.165, 1.54) is 14.2 Å². The van der Waals surface area contributed by atoms with Gasteiger partial charge in [0.25, 0.3) is 0 Å². The van der Waals surface area contributed by atoms with E-state index in [2.05, 4.69) is 9.47 Å². The highest BCUT2D eigenvalue weighted by atomic mass is 31.2. The Hall–Kier alpha value is 0.220. The van der Waals surface area contributed by atoms with Crippen molar-refractivity contribution in [3.05, 3.63) is 0 Å². The molecule has 0 fully saturated rings. The van der Waals surface area contributed by atoms with Crippen molar-refractivity contribution in [3.8, 4) is 0 Å². The van der Waals surface area contributed by atoms with Crippen molar-refractivity contribution in [2.24, 2.45) is 0 Å². The summed E-state index contributed by atoms with van der Waals surface area (Å²) >= 11 is 0. The summed E-state index contributed by atoms with van der Waals surface area (Å²) in [5, 5.41) is -2.10. The van der Waals surface area contributed by atoms with Gasteiger partial charge >= 0.3 is 15.2 Å². The van der Waals surface area contributed by atoms with Crippen LogP contribution in [0.3, 0.4) is 0 Å². The van der Waals surface area contributed by atoms with Crippen LogP contribution in [0.15, 0.2) is 0 Å². The largest absolute Gasteiger partial charge is 0.356 e. The molecule has 0 amide bonds. The number of rotatable bonds is 6. The Morgan fingerprint density at radius 2 is 1.33 bits per heavy atom. The van der Waals surface area contributed by atoms with Crippen LogP contribution in [-0.4, -0.2) is 45.5 Å². The summed E-state index contributed by atoms with van der Waals surface area (Å²) in [4.78, 5) is 35.0. The third-order valence-corrected chi connectivity index (χ3v) is 5.49. The van der Waals surface area contributed by atoms with E-state index in [1.807, 2.05) is 0 Å². The van der Waals surface area contributed by atoms with E-state index >= 15 is 0 Å². The first-order chi connectivity index (χ1) is 6.62. The molecular weight excluding hydrogens is 250 g/mol. The minimum atomic E-state index is -4.90. The number of hydrogen-bond donors (Lipinski definition) is 4. The summed E-state index contributed by atoms with van der Waals surface area (Å²) in [7, 11) is -7.40. The standard InChI is InChI=1S/C5H14O8P2/c1-12-4(13-2)3-5(14(6,7)8)15(9,10)11/h4-5H,3H2,1-2H3,(H2,6,7,8)(H2,9,10,11). The van der Waals surface area contributed by atoms with E-state index in [0.29, 0.717) is 0 Å². The lowest BCUT2D eigenvalue weighted by Crippen LogP contribution is -2.21. The topological polar surface area (TPSA) is 134 Å². The molecule has 0 bridgehead atoms. The Balaban J connectivity index is 4.84. The maximum Gasteiger partial charge on any atom is 0.340 e. The van der Waals surface area contributed by atoms with Gasteiger partial charge < -0.3 is 29.0 Å². The molecule has 0 aromatic rings. The lowest BCUT2D eigenvalue weighted by atomic mass is 10.5. The molecule has 0 aromatic carbocycles. The zero-order valence-corrected chi connectivity index (χ0v) is 9.97. The first-order valence-electron chi connectivity index (χ1n) is 3.79. The van der Waals surface area contributed by atoms with Gasteiger partial charge in [-0.25, -0.2) is 0 Å². The van der Waals surface area contributed by atoms with Gasteiger partial charge in [0.05, 0.1) is 0 Å². The molecule has 10 heteroatoms. The molecule has 0 saturated carbocycles. The van der Waals surface area contributed by atoms with Crippen molar-refractivity contribution in [2.45, 2.75) is 18.1 Å². The monoisotopic (exact) mass is 264 g/mol. The summed E-state index contributed by atoms with van der Waals surface area (Å²) < 4.78 is 30.9. The highest BCUT2D eigenvalue weighted by Gasteiger charge is 2.44. The van der Waals surface area contributed by atoms with Crippen molar-refractivity contribution in [1.29, 1.82) is 0 Å². The Morgan fingerprint density at radius 3 is 1.53 bits per heavy atom. The quantitative estimate of drug-likeness (QED) is 0.378. The van der Waals surface area contributed by atoms with Crippen LogP contribution in [0.4, 0.5) is 0 Å². The zero-order valence-electron chi connectivity index (χ0n) is 8.18. The van der Waals surface area contributed by atoms with Crippen LogP contribution in [0, 0.1) is 0 Å². The average Bonchev–Trinajstić information content (AvgIpc) is 2.01. The Bertz CT molecular complexity index is 253. The van der Waals surface area contributed by atoms with Crippen LogP contribution in [0.5, 0.6) is 0 Å². The van der Waals surface area contributed by atoms with E-state index in [9.17, 15) is 9.13 Å². The maximum absolute atomic E-state index is 10.8. The fourth-order valence-corrected chi connectivity index (χ4v) is 3.39. The second-order valence-corrected chi connectivity index (χ2v) is 6.81. The zero-order chi connectivity index (χ0) is 12.3. The van der Waals surface area contributed by atoms with Gasteiger partial charge in [-0.15, -0.1) is 0 Å². The highest BCUT2D eigenvalue weighted by molar-refractivity contribution is 7.70. The van der Waals surface area contributed by atoms with Crippen molar-refractivity contribution >= 4 is 15.2 Å². The lowest BCUT2D eigenvalue weighted by Gasteiger charge is -2.23. The van der Waals surface area contributed by atoms with Crippen LogP contribution in [0.1, 0.15) is 6.42 Å². The molecule has 0 spiro atoms. The molecule has 0 aliphatic heterocycles. The number of hydrogen-bond acceptors (Lipinski definition) is 4. The fraction of sp³-hybridized carbons (Fsp3) is 1.00. The van der Waals surface area contributed by atoms with Crippen LogP contribution in [0.2, 0.25) is 0 Å². The average molecular weight is 264 g/mol. The normalized spacial score (nSPS) is 13.9. The molecule has 0 heterocycles. The van der Waals surface area contributed by atoms with E-state index < -0.39 is 33.3 Å². The van der Waals surface area contributed by atoms with Gasteiger partial charge in [-0.3, -0.25) is 9.13 Å². The summed E-state index contributed by atoms with van der Waals surface area (Å²) in [5.41, 5.74) is 0. The highest BCUT2D eigenvalue weighted by Crippen LogP contribution is 2.61. The van der Waals surface area contributed by atoms with Crippen molar-refractivity contribution in [1.82, 2.24) is 0 Å². The first kappa shape index (κ1) is 15.2. The van der Waals surface area contributed by atoms with Gasteiger partial charge in [-0.05, 0) is 0 Å². The Morgan fingerprint density at radius 1 is 1.00 bits per heavy atom.